The number of nitrogens with two attached hydrogens (primary N) is 1. The molecule has 3 aliphatic heterocycles. The number of amides is 1. The Hall–Kier alpha value is -7.52. The number of primary amides is 1. The highest BCUT2D eigenvalue weighted by molar-refractivity contribution is 7.22. The van der Waals surface area contributed by atoms with Crippen LogP contribution in [0.15, 0.2) is 101 Å². The Morgan fingerprint density at radius 2 is 1.10 bits per heavy atom. The van der Waals surface area contributed by atoms with Gasteiger partial charge >= 0.3 is 17.3 Å². The highest BCUT2D eigenvalue weighted by atomic mass is 32.1. The molecule has 84 heavy (non-hydrogen) atoms. The molecule has 25 heteroatoms. The molecule has 448 valence electrons. The van der Waals surface area contributed by atoms with E-state index in [9.17, 15) is 33.9 Å². The number of aliphatic carboxylic acids is 1. The Morgan fingerprint density at radius 1 is 0.690 bits per heavy atom. The summed E-state index contributed by atoms with van der Waals surface area (Å²) in [5, 5.41) is 13.6. The molecule has 2 aromatic carbocycles. The maximum Gasteiger partial charge on any atom is 0.333 e. The van der Waals surface area contributed by atoms with Gasteiger partial charge in [-0.05, 0) is 110 Å². The molecule has 0 saturated carbocycles. The quantitative estimate of drug-likeness (QED) is 0.0760. The van der Waals surface area contributed by atoms with Crippen LogP contribution in [-0.2, 0) is 52.7 Å². The summed E-state index contributed by atoms with van der Waals surface area (Å²) in [5.41, 5.74) is 2.13. The van der Waals surface area contributed by atoms with E-state index in [4.69, 9.17) is 43.0 Å². The molecule has 11 rings (SSSR count). The molecule has 0 bridgehead atoms. The fourth-order valence-corrected chi connectivity index (χ4v) is 12.7. The highest BCUT2D eigenvalue weighted by Gasteiger charge is 2.38. The summed E-state index contributed by atoms with van der Waals surface area (Å²) in [6.45, 7) is 13.8. The standard InChI is InChI=1S/C28H32N4O7S.C28H31N3O8S.C3H7N/c1-16-21-24(33)32(28(2,3)26(29)34)27(35)31(25(21)40-22(16)23-30-11-13-38-23)14-20(39-17-8-7-12-37-15-17)18-9-5-6-10-19(18)36-4;1-16-21-24(32)31(28(2,3)26(33)34)27(35)30(25(21)40-22(16)23-29-11-13-38-23)14-20(39-17-8-7-12-37-15-17)18-9-5-6-10-19(18)36-4;1-2-4-3-1/h5-6,9-11,13,17,20H,7-8,12,14-15H2,1-4H3,(H2,29,34);5-6,9-11,13,17,20H,7-8,12,14-15H2,1-4H3,(H,33,34);4H,1-3H2/t2*17?,20-;/m00./s1. The van der Waals surface area contributed by atoms with Crippen molar-refractivity contribution in [3.05, 3.63) is 137 Å². The van der Waals surface area contributed by atoms with E-state index in [2.05, 4.69) is 15.3 Å². The third-order valence-electron chi connectivity index (χ3n) is 15.2. The lowest BCUT2D eigenvalue weighted by atomic mass is 10.0. The highest BCUT2D eigenvalue weighted by Crippen LogP contribution is 2.40. The van der Waals surface area contributed by atoms with Crippen LogP contribution in [0, 0.1) is 13.8 Å². The molecule has 4 atom stereocenters. The van der Waals surface area contributed by atoms with Crippen LogP contribution in [0.4, 0.5) is 0 Å². The summed E-state index contributed by atoms with van der Waals surface area (Å²) < 4.78 is 51.3. The fourth-order valence-electron chi connectivity index (χ4n) is 10.2. The summed E-state index contributed by atoms with van der Waals surface area (Å²) >= 11 is 2.42. The number of carbonyl (C=O) groups is 2. The molecule has 3 fully saturated rings. The number of nitrogens with one attached hydrogen (secondary N) is 1. The van der Waals surface area contributed by atoms with Crippen molar-refractivity contribution in [3.8, 4) is 33.0 Å². The Labute approximate surface area is 490 Å². The van der Waals surface area contributed by atoms with E-state index in [1.165, 1.54) is 104 Å². The van der Waals surface area contributed by atoms with Gasteiger partial charge in [-0.15, -0.1) is 22.7 Å². The third-order valence-corrected chi connectivity index (χ3v) is 17.9. The van der Waals surface area contributed by atoms with Crippen molar-refractivity contribution in [1.82, 2.24) is 33.6 Å². The van der Waals surface area contributed by atoms with Gasteiger partial charge in [-0.2, -0.15) is 0 Å². The summed E-state index contributed by atoms with van der Waals surface area (Å²) in [7, 11) is 3.13. The van der Waals surface area contributed by atoms with Crippen LogP contribution in [0.5, 0.6) is 11.5 Å². The van der Waals surface area contributed by atoms with Gasteiger partial charge in [-0.3, -0.25) is 23.5 Å². The van der Waals surface area contributed by atoms with Crippen molar-refractivity contribution in [2.45, 2.75) is 122 Å². The number of aryl methyl sites for hydroxylation is 2. The number of hydrogen-bond acceptors (Lipinski definition) is 19. The Bertz CT molecular complexity index is 3610. The minimum absolute atomic E-state index is 0.00678. The summed E-state index contributed by atoms with van der Waals surface area (Å²) in [6, 6.07) is 14.8. The molecule has 6 aromatic heterocycles. The van der Waals surface area contributed by atoms with E-state index in [1.807, 2.05) is 48.5 Å². The number of rotatable bonds is 18. The third kappa shape index (κ3) is 12.3. The predicted molar refractivity (Wildman–Crippen MR) is 315 cm³/mol. The number of thiophene rings is 2. The van der Waals surface area contributed by atoms with Crippen LogP contribution >= 0.6 is 22.7 Å². The normalized spacial score (nSPS) is 17.1. The number of para-hydroxylation sites is 2. The van der Waals surface area contributed by atoms with Gasteiger partial charge in [-0.25, -0.2) is 33.5 Å². The molecule has 4 N–H and O–H groups in total. The molecule has 23 nitrogen and oxygen atoms in total. The molecular formula is C59H70N8O15S2. The molecule has 3 aliphatic rings. The first-order chi connectivity index (χ1) is 40.3. The molecular weight excluding hydrogens is 1120 g/mol. The van der Waals surface area contributed by atoms with Gasteiger partial charge in [0.25, 0.3) is 11.1 Å². The van der Waals surface area contributed by atoms with Crippen molar-refractivity contribution >= 4 is 55.0 Å². The average molecular weight is 1200 g/mol. The van der Waals surface area contributed by atoms with Crippen LogP contribution in [-0.4, -0.2) is 111 Å². The van der Waals surface area contributed by atoms with E-state index in [0.29, 0.717) is 85.8 Å². The maximum atomic E-state index is 14.1. The number of benzene rings is 2. The second kappa shape index (κ2) is 26.2. The number of carboxylic acids is 1. The van der Waals surface area contributed by atoms with E-state index < -0.39 is 57.7 Å². The molecule has 2 unspecified atom stereocenters. The Balaban J connectivity index is 0.000000189. The molecule has 0 radical (unpaired) electrons. The minimum Gasteiger partial charge on any atom is -0.496 e. The van der Waals surface area contributed by atoms with Gasteiger partial charge in [-0.1, -0.05) is 36.4 Å². The second-order valence-electron chi connectivity index (χ2n) is 21.5. The maximum absolute atomic E-state index is 14.1. The lowest BCUT2D eigenvalue weighted by Gasteiger charge is -2.30. The van der Waals surface area contributed by atoms with Crippen LogP contribution in [0.2, 0.25) is 0 Å². The van der Waals surface area contributed by atoms with E-state index >= 15 is 0 Å². The molecule has 0 aliphatic carbocycles. The number of carboxylic acid groups (broad SMARTS) is 1. The molecule has 3 saturated heterocycles. The summed E-state index contributed by atoms with van der Waals surface area (Å²) in [4.78, 5) is 91.1. The van der Waals surface area contributed by atoms with Crippen molar-refractivity contribution in [3.63, 3.8) is 0 Å². The van der Waals surface area contributed by atoms with Crippen LogP contribution < -0.4 is 43.0 Å². The first-order valence-electron chi connectivity index (χ1n) is 27.6. The number of oxazole rings is 2. The first kappa shape index (κ1) is 61.1. The lowest BCUT2D eigenvalue weighted by molar-refractivity contribution is -0.146. The number of hydrogen-bond donors (Lipinski definition) is 3. The SMILES string of the molecule is C1CNC1.COc1ccccc1[C@H](Cn1c(=O)n(C(C)(C)C(=O)O)c(=O)c2c(C)c(-c3ncco3)sc21)OC1CCCOC1.COc1ccccc1[C@H](Cn1c(=O)n(C(C)(C)C(N)=O)c(=O)c2c(C)c(-c3ncco3)sc21)OC1CCCOC1. The van der Waals surface area contributed by atoms with Crippen LogP contribution in [0.3, 0.4) is 0 Å². The van der Waals surface area contributed by atoms with Gasteiger partial charge < -0.3 is 53.4 Å². The molecule has 9 heterocycles. The number of aromatic nitrogens is 6. The Morgan fingerprint density at radius 3 is 1.43 bits per heavy atom. The largest absolute Gasteiger partial charge is 0.496 e. The predicted octanol–water partition coefficient (Wildman–Crippen LogP) is 7.29. The van der Waals surface area contributed by atoms with Gasteiger partial charge in [0.1, 0.15) is 57.0 Å². The summed E-state index contributed by atoms with van der Waals surface area (Å²) in [5.74, 6) is -0.309. The van der Waals surface area contributed by atoms with Crippen LogP contribution in [0.1, 0.15) is 94.3 Å². The van der Waals surface area contributed by atoms with Crippen LogP contribution in [0.25, 0.3) is 42.0 Å². The van der Waals surface area contributed by atoms with Gasteiger partial charge in [0.15, 0.2) is 0 Å². The van der Waals surface area contributed by atoms with Crippen molar-refractivity contribution < 1.29 is 52.0 Å². The number of methoxy groups -OCH3 is 2. The second-order valence-corrected chi connectivity index (χ2v) is 23.5. The molecule has 8 aromatic rings. The lowest BCUT2D eigenvalue weighted by Crippen LogP contribution is -2.54. The molecule has 0 spiro atoms. The van der Waals surface area contributed by atoms with Crippen molar-refractivity contribution in [2.75, 3.05) is 53.7 Å². The summed E-state index contributed by atoms with van der Waals surface area (Å²) in [6.07, 6.45) is 8.82. The average Bonchev–Trinajstić information content (AvgIpc) is 2.92. The zero-order valence-corrected chi connectivity index (χ0v) is 49.8. The fraction of sp³-hybridized carbons (Fsp3) is 0.458. The van der Waals surface area contributed by atoms with Gasteiger partial charge in [0.2, 0.25) is 17.7 Å². The van der Waals surface area contributed by atoms with E-state index in [-0.39, 0.29) is 36.1 Å². The number of carbonyl (C=O) groups excluding carboxylic acids is 1. The van der Waals surface area contributed by atoms with E-state index in [1.54, 1.807) is 28.1 Å². The minimum atomic E-state index is -1.82. The van der Waals surface area contributed by atoms with Gasteiger partial charge in [0, 0.05) is 24.3 Å². The monoisotopic (exact) mass is 1190 g/mol. The number of nitrogens with zero attached hydrogens (tertiary/aromatic N) is 6. The smallest absolute Gasteiger partial charge is 0.333 e. The zero-order valence-electron chi connectivity index (χ0n) is 48.2. The van der Waals surface area contributed by atoms with Gasteiger partial charge in [0.05, 0.1) is 85.7 Å². The van der Waals surface area contributed by atoms with Crippen molar-refractivity contribution in [1.29, 1.82) is 0 Å². The van der Waals surface area contributed by atoms with E-state index in [0.717, 1.165) is 40.4 Å². The Kier molecular flexibility index (Phi) is 19.0. The van der Waals surface area contributed by atoms with Crippen molar-refractivity contribution in [2.24, 2.45) is 5.73 Å². The zero-order chi connectivity index (χ0) is 60.0. The number of ether oxygens (including phenoxy) is 6. The molecule has 1 amide bonds. The first-order valence-corrected chi connectivity index (χ1v) is 29.3. The topological polar surface area (TPSA) is 288 Å². The number of fused-ring (bicyclic) bond motifs is 2.